The van der Waals surface area contributed by atoms with Crippen molar-refractivity contribution in [3.63, 3.8) is 0 Å². The SMILES string of the molecule is CCC(C)(Cn1nnnc1-c1cc(Br)ccc1Br)C(=O)O. The Labute approximate surface area is 138 Å². The molecule has 21 heavy (non-hydrogen) atoms. The summed E-state index contributed by atoms with van der Waals surface area (Å²) in [6, 6.07) is 5.67. The van der Waals surface area contributed by atoms with Crippen molar-refractivity contribution < 1.29 is 9.90 Å². The molecular weight excluding hydrogens is 404 g/mol. The fourth-order valence-corrected chi connectivity index (χ4v) is 2.62. The summed E-state index contributed by atoms with van der Waals surface area (Å²) in [6.45, 7) is 3.74. The van der Waals surface area contributed by atoms with Crippen LogP contribution < -0.4 is 0 Å². The van der Waals surface area contributed by atoms with Crippen LogP contribution in [0.4, 0.5) is 0 Å². The molecule has 2 aromatic rings. The number of aromatic nitrogens is 4. The maximum absolute atomic E-state index is 11.4. The van der Waals surface area contributed by atoms with Crippen molar-refractivity contribution in [1.82, 2.24) is 20.2 Å². The van der Waals surface area contributed by atoms with Crippen LogP contribution in [0.2, 0.25) is 0 Å². The lowest BCUT2D eigenvalue weighted by atomic mass is 9.88. The lowest BCUT2D eigenvalue weighted by Gasteiger charge is -2.23. The standard InChI is InChI=1S/C13H14Br2N4O2/c1-3-13(2,12(20)21)7-19-11(16-17-18-19)9-6-8(14)4-5-10(9)15/h4-6H,3,7H2,1-2H3,(H,20,21). The molecule has 0 aliphatic heterocycles. The zero-order valence-corrected chi connectivity index (χ0v) is 14.7. The smallest absolute Gasteiger partial charge is 0.311 e. The number of benzene rings is 1. The van der Waals surface area contributed by atoms with E-state index < -0.39 is 11.4 Å². The van der Waals surface area contributed by atoms with Gasteiger partial charge in [0.05, 0.1) is 12.0 Å². The van der Waals surface area contributed by atoms with Crippen molar-refractivity contribution in [2.24, 2.45) is 5.41 Å². The second-order valence-electron chi connectivity index (χ2n) is 5.00. The molecule has 2 rings (SSSR count). The Morgan fingerprint density at radius 2 is 2.14 bits per heavy atom. The highest BCUT2D eigenvalue weighted by molar-refractivity contribution is 9.11. The summed E-state index contributed by atoms with van der Waals surface area (Å²) in [5.41, 5.74) is -0.110. The number of hydrogen-bond acceptors (Lipinski definition) is 4. The maximum Gasteiger partial charge on any atom is 0.311 e. The van der Waals surface area contributed by atoms with Crippen LogP contribution in [-0.4, -0.2) is 31.3 Å². The average molecular weight is 418 g/mol. The van der Waals surface area contributed by atoms with Crippen LogP contribution in [-0.2, 0) is 11.3 Å². The molecule has 0 bridgehead atoms. The predicted octanol–water partition coefficient (Wildman–Crippen LogP) is 3.37. The lowest BCUT2D eigenvalue weighted by Crippen LogP contribution is -2.32. The van der Waals surface area contributed by atoms with Crippen molar-refractivity contribution >= 4 is 37.8 Å². The zero-order valence-electron chi connectivity index (χ0n) is 11.5. The monoisotopic (exact) mass is 416 g/mol. The van der Waals surface area contributed by atoms with E-state index >= 15 is 0 Å². The molecule has 8 heteroatoms. The Hall–Kier alpha value is -1.28. The molecule has 1 atom stereocenters. The minimum atomic E-state index is -0.914. The van der Waals surface area contributed by atoms with Gasteiger partial charge in [-0.25, -0.2) is 4.68 Å². The molecule has 0 spiro atoms. The van der Waals surface area contributed by atoms with Crippen LogP contribution >= 0.6 is 31.9 Å². The normalized spacial score (nSPS) is 13.9. The van der Waals surface area contributed by atoms with E-state index in [0.717, 1.165) is 14.5 Å². The largest absolute Gasteiger partial charge is 0.481 e. The highest BCUT2D eigenvalue weighted by Crippen LogP contribution is 2.31. The molecule has 0 aliphatic carbocycles. The number of rotatable bonds is 5. The molecular formula is C13H14Br2N4O2. The van der Waals surface area contributed by atoms with Crippen molar-refractivity contribution in [1.29, 1.82) is 0 Å². The summed E-state index contributed by atoms with van der Waals surface area (Å²) in [7, 11) is 0. The molecule has 0 radical (unpaired) electrons. The molecule has 0 aliphatic rings. The molecule has 0 amide bonds. The Morgan fingerprint density at radius 3 is 2.76 bits per heavy atom. The second-order valence-corrected chi connectivity index (χ2v) is 6.77. The molecule has 1 aromatic heterocycles. The first-order valence-electron chi connectivity index (χ1n) is 6.32. The summed E-state index contributed by atoms with van der Waals surface area (Å²) in [6.07, 6.45) is 0.487. The highest BCUT2D eigenvalue weighted by atomic mass is 79.9. The quantitative estimate of drug-likeness (QED) is 0.806. The van der Waals surface area contributed by atoms with E-state index in [2.05, 4.69) is 47.4 Å². The summed E-state index contributed by atoms with van der Waals surface area (Å²) in [4.78, 5) is 11.4. The summed E-state index contributed by atoms with van der Waals surface area (Å²) in [5.74, 6) is -0.330. The molecule has 1 aromatic carbocycles. The van der Waals surface area contributed by atoms with Gasteiger partial charge in [-0.05, 0) is 42.0 Å². The van der Waals surface area contributed by atoms with Crippen LogP contribution in [0.25, 0.3) is 11.4 Å². The van der Waals surface area contributed by atoms with E-state index in [4.69, 9.17) is 0 Å². The van der Waals surface area contributed by atoms with Crippen molar-refractivity contribution in [2.75, 3.05) is 0 Å². The summed E-state index contributed by atoms with van der Waals surface area (Å²) in [5, 5.41) is 21.0. The van der Waals surface area contributed by atoms with Crippen molar-refractivity contribution in [3.05, 3.63) is 27.1 Å². The number of hydrogen-bond donors (Lipinski definition) is 1. The topological polar surface area (TPSA) is 80.9 Å². The van der Waals surface area contributed by atoms with Gasteiger partial charge in [-0.1, -0.05) is 38.8 Å². The van der Waals surface area contributed by atoms with E-state index in [1.165, 1.54) is 4.68 Å². The maximum atomic E-state index is 11.4. The molecule has 6 nitrogen and oxygen atoms in total. The number of aliphatic carboxylic acids is 1. The fourth-order valence-electron chi connectivity index (χ4n) is 1.83. The minimum absolute atomic E-state index is 0.208. The Kier molecular flexibility index (Phi) is 4.77. The van der Waals surface area contributed by atoms with Crippen LogP contribution in [0, 0.1) is 5.41 Å². The van der Waals surface area contributed by atoms with Gasteiger partial charge in [-0.15, -0.1) is 5.10 Å². The third kappa shape index (κ3) is 3.32. The van der Waals surface area contributed by atoms with Gasteiger partial charge in [0.25, 0.3) is 0 Å². The van der Waals surface area contributed by atoms with E-state index in [0.29, 0.717) is 12.2 Å². The molecule has 0 saturated heterocycles. The molecule has 1 unspecified atom stereocenters. The Balaban J connectivity index is 2.44. The molecule has 0 fully saturated rings. The second kappa shape index (κ2) is 6.23. The third-order valence-electron chi connectivity index (χ3n) is 3.50. The number of halogens is 2. The summed E-state index contributed by atoms with van der Waals surface area (Å²) < 4.78 is 3.27. The molecule has 0 saturated carbocycles. The number of carbonyl (C=O) groups is 1. The lowest BCUT2D eigenvalue weighted by molar-refractivity contribution is -0.149. The third-order valence-corrected chi connectivity index (χ3v) is 4.68. The van der Waals surface area contributed by atoms with Gasteiger partial charge >= 0.3 is 5.97 Å². The van der Waals surface area contributed by atoms with E-state index in [9.17, 15) is 9.90 Å². The van der Waals surface area contributed by atoms with Crippen molar-refractivity contribution in [2.45, 2.75) is 26.8 Å². The summed E-state index contributed by atoms with van der Waals surface area (Å²) >= 11 is 6.88. The van der Waals surface area contributed by atoms with Crippen LogP contribution in [0.15, 0.2) is 27.1 Å². The molecule has 1 heterocycles. The highest BCUT2D eigenvalue weighted by Gasteiger charge is 2.33. The Bertz CT molecular complexity index is 674. The zero-order chi connectivity index (χ0) is 15.6. The van der Waals surface area contributed by atoms with Gasteiger partial charge in [0.1, 0.15) is 0 Å². The van der Waals surface area contributed by atoms with Gasteiger partial charge in [-0.3, -0.25) is 4.79 Å². The van der Waals surface area contributed by atoms with E-state index in [1.807, 2.05) is 25.1 Å². The van der Waals surface area contributed by atoms with Crippen LogP contribution in [0.5, 0.6) is 0 Å². The number of carboxylic acids is 1. The van der Waals surface area contributed by atoms with Gasteiger partial charge in [-0.2, -0.15) is 0 Å². The number of tetrazole rings is 1. The first kappa shape index (κ1) is 16.1. The van der Waals surface area contributed by atoms with Crippen molar-refractivity contribution in [3.8, 4) is 11.4 Å². The van der Waals surface area contributed by atoms with E-state index in [1.54, 1.807) is 6.92 Å². The average Bonchev–Trinajstić information content (AvgIpc) is 2.89. The van der Waals surface area contributed by atoms with Gasteiger partial charge in [0.2, 0.25) is 0 Å². The van der Waals surface area contributed by atoms with Gasteiger partial charge in [0.15, 0.2) is 5.82 Å². The van der Waals surface area contributed by atoms with Crippen LogP contribution in [0.3, 0.4) is 0 Å². The number of carboxylic acid groups (broad SMARTS) is 1. The van der Waals surface area contributed by atoms with E-state index in [-0.39, 0.29) is 6.54 Å². The first-order chi connectivity index (χ1) is 9.87. The first-order valence-corrected chi connectivity index (χ1v) is 7.91. The fraction of sp³-hybridized carbons (Fsp3) is 0.385. The minimum Gasteiger partial charge on any atom is -0.481 e. The molecule has 1 N–H and O–H groups in total. The van der Waals surface area contributed by atoms with Crippen LogP contribution in [0.1, 0.15) is 20.3 Å². The predicted molar refractivity (Wildman–Crippen MR) is 84.7 cm³/mol. The van der Waals surface area contributed by atoms with Gasteiger partial charge < -0.3 is 5.11 Å². The Morgan fingerprint density at radius 1 is 1.43 bits per heavy atom. The number of nitrogens with zero attached hydrogens (tertiary/aromatic N) is 4. The van der Waals surface area contributed by atoms with Gasteiger partial charge in [0, 0.05) is 14.5 Å². The molecule has 112 valence electrons.